The molecule has 1 fully saturated rings. The lowest BCUT2D eigenvalue weighted by Gasteiger charge is -2.32. The van der Waals surface area contributed by atoms with Crippen molar-refractivity contribution in [3.05, 3.63) is 82.1 Å². The molecule has 1 saturated heterocycles. The van der Waals surface area contributed by atoms with Gasteiger partial charge in [-0.25, -0.2) is 0 Å². The first-order chi connectivity index (χ1) is 16.5. The van der Waals surface area contributed by atoms with Crippen molar-refractivity contribution in [2.45, 2.75) is 6.54 Å². The van der Waals surface area contributed by atoms with Gasteiger partial charge >= 0.3 is 0 Å². The summed E-state index contributed by atoms with van der Waals surface area (Å²) in [5.74, 6) is 6.11. The van der Waals surface area contributed by atoms with Gasteiger partial charge in [-0.1, -0.05) is 43.9 Å². The van der Waals surface area contributed by atoms with Crippen LogP contribution in [0.4, 0.5) is 5.69 Å². The zero-order chi connectivity index (χ0) is 23.5. The molecular weight excluding hydrogens is 465 g/mol. The third-order valence-electron chi connectivity index (χ3n) is 6.04. The van der Waals surface area contributed by atoms with Crippen LogP contribution in [0.25, 0.3) is 10.6 Å². The molecular formula is C26H25ClN5OP. The van der Waals surface area contributed by atoms with Crippen LogP contribution in [-0.4, -0.2) is 58.7 Å². The number of carbonyl (C=O) groups is 1. The third-order valence-corrected chi connectivity index (χ3v) is 7.41. The van der Waals surface area contributed by atoms with Gasteiger partial charge in [0.25, 0.3) is 5.91 Å². The molecule has 6 nitrogen and oxygen atoms in total. The Morgan fingerprint density at radius 1 is 1.15 bits per heavy atom. The molecule has 0 saturated carbocycles. The lowest BCUT2D eigenvalue weighted by atomic mass is 10.1. The Morgan fingerprint density at radius 3 is 2.76 bits per heavy atom. The van der Waals surface area contributed by atoms with E-state index in [1.54, 1.807) is 18.3 Å². The average molecular weight is 490 g/mol. The number of amides is 1. The minimum absolute atomic E-state index is 0.195. The first kappa shape index (κ1) is 22.7. The number of pyridine rings is 1. The van der Waals surface area contributed by atoms with Crippen molar-refractivity contribution < 1.29 is 4.79 Å². The van der Waals surface area contributed by atoms with Crippen LogP contribution >= 0.6 is 20.0 Å². The highest BCUT2D eigenvalue weighted by atomic mass is 35.5. The lowest BCUT2D eigenvalue weighted by molar-refractivity contribution is 0.102. The molecule has 0 radical (unpaired) electrons. The predicted molar refractivity (Wildman–Crippen MR) is 140 cm³/mol. The number of rotatable bonds is 4. The Labute approximate surface area is 205 Å². The predicted octanol–water partition coefficient (Wildman–Crippen LogP) is 4.65. The van der Waals surface area contributed by atoms with Crippen LogP contribution in [0.5, 0.6) is 0 Å². The summed E-state index contributed by atoms with van der Waals surface area (Å²) in [6, 6.07) is 13.0. The maximum Gasteiger partial charge on any atom is 0.255 e. The van der Waals surface area contributed by atoms with Crippen molar-refractivity contribution in [1.29, 1.82) is 0 Å². The molecule has 1 aliphatic heterocycles. The topological polar surface area (TPSA) is 64.3 Å². The van der Waals surface area contributed by atoms with Gasteiger partial charge in [0.2, 0.25) is 0 Å². The quantitative estimate of drug-likeness (QED) is 0.410. The number of hydrogen-bond donors (Lipinski definition) is 2. The van der Waals surface area contributed by atoms with Crippen LogP contribution in [0.1, 0.15) is 27.0 Å². The van der Waals surface area contributed by atoms with Crippen molar-refractivity contribution in [1.82, 2.24) is 19.5 Å². The number of nitrogens with zero attached hydrogens (tertiary/aromatic N) is 3. The summed E-state index contributed by atoms with van der Waals surface area (Å²) in [7, 11) is 2.74. The standard InChI is InChI=1S/C26H25ClN5OP/c1-31-9-11-32(12-10-31)17-21-7-8-22(14-23(21)27)29-26(33)19-4-2-3-18(13-19)5-6-20-15-28-16-24-25(20)30-34-24/h2-4,7-8,13-16,30,34H,9-12,17H2,1H3,(H,29,33). The fourth-order valence-electron chi connectivity index (χ4n) is 3.93. The Morgan fingerprint density at radius 2 is 2.00 bits per heavy atom. The number of hydrogen-bond acceptors (Lipinski definition) is 4. The highest BCUT2D eigenvalue weighted by Crippen LogP contribution is 2.26. The molecule has 34 heavy (non-hydrogen) atoms. The number of aromatic nitrogens is 2. The molecule has 0 aliphatic carbocycles. The van der Waals surface area contributed by atoms with Gasteiger partial charge in [0, 0.05) is 72.1 Å². The monoisotopic (exact) mass is 489 g/mol. The summed E-state index contributed by atoms with van der Waals surface area (Å²) < 4.78 is 3.29. The van der Waals surface area contributed by atoms with E-state index in [2.05, 4.69) is 43.7 Å². The van der Waals surface area contributed by atoms with E-state index in [4.69, 9.17) is 11.6 Å². The van der Waals surface area contributed by atoms with Gasteiger partial charge in [-0.05, 0) is 42.9 Å². The Kier molecular flexibility index (Phi) is 6.71. The SMILES string of the molecule is CN1CCN(Cc2ccc(NC(=O)c3cccc(C#Cc4cncc5[pH][nH]c45)c3)cc2Cl)CC1. The number of fused-ring (bicyclic) bond motifs is 1. The van der Waals surface area contributed by atoms with Crippen LogP contribution in [-0.2, 0) is 6.54 Å². The molecule has 1 aliphatic rings. The van der Waals surface area contributed by atoms with E-state index in [-0.39, 0.29) is 5.91 Å². The fourth-order valence-corrected chi connectivity index (χ4v) is 4.98. The minimum Gasteiger partial charge on any atom is -0.345 e. The molecule has 172 valence electrons. The van der Waals surface area contributed by atoms with Gasteiger partial charge in [0.15, 0.2) is 0 Å². The van der Waals surface area contributed by atoms with Gasteiger partial charge in [0.05, 0.1) is 11.1 Å². The summed E-state index contributed by atoms with van der Waals surface area (Å²) in [5, 5.41) is 4.82. The Bertz CT molecular complexity index is 1390. The smallest absolute Gasteiger partial charge is 0.255 e. The van der Waals surface area contributed by atoms with Crippen LogP contribution in [0, 0.1) is 11.8 Å². The second-order valence-electron chi connectivity index (χ2n) is 8.53. The first-order valence-corrected chi connectivity index (χ1v) is 12.6. The van der Waals surface area contributed by atoms with E-state index >= 15 is 0 Å². The number of piperazine rings is 1. The van der Waals surface area contributed by atoms with E-state index < -0.39 is 0 Å². The number of halogens is 1. The largest absolute Gasteiger partial charge is 0.345 e. The van der Waals surface area contributed by atoms with Gasteiger partial charge < -0.3 is 15.0 Å². The number of aromatic amines is 1. The maximum atomic E-state index is 12.9. The fraction of sp³-hybridized carbons (Fsp3) is 0.231. The van der Waals surface area contributed by atoms with Crippen molar-refractivity contribution >= 4 is 42.2 Å². The van der Waals surface area contributed by atoms with E-state index in [0.29, 0.717) is 24.6 Å². The van der Waals surface area contributed by atoms with Crippen molar-refractivity contribution in [2.24, 2.45) is 0 Å². The molecule has 1 amide bonds. The van der Waals surface area contributed by atoms with Gasteiger partial charge in [-0.3, -0.25) is 14.7 Å². The lowest BCUT2D eigenvalue weighted by Crippen LogP contribution is -2.43. The summed E-state index contributed by atoms with van der Waals surface area (Å²) in [4.78, 5) is 21.8. The summed E-state index contributed by atoms with van der Waals surface area (Å²) in [6.07, 6.45) is 3.63. The molecule has 4 aromatic rings. The molecule has 8 heteroatoms. The van der Waals surface area contributed by atoms with Crippen LogP contribution in [0.2, 0.25) is 5.02 Å². The number of nitrogens with one attached hydrogen (secondary N) is 2. The number of likely N-dealkylation sites (N-methyl/N-ethyl adjacent to an activating group) is 1. The highest BCUT2D eigenvalue weighted by Gasteiger charge is 2.15. The molecule has 5 rings (SSSR count). The summed E-state index contributed by atoms with van der Waals surface area (Å²) >= 11 is 6.54. The number of benzene rings is 2. The molecule has 2 aromatic heterocycles. The molecule has 1 unspecified atom stereocenters. The van der Waals surface area contributed by atoms with E-state index in [0.717, 1.165) is 54.9 Å². The second kappa shape index (κ2) is 10.0. The van der Waals surface area contributed by atoms with Gasteiger partial charge in [-0.2, -0.15) is 0 Å². The Hall–Kier alpha value is -3.07. The highest BCUT2D eigenvalue weighted by molar-refractivity contribution is 7.34. The molecule has 1 atom stereocenters. The normalized spacial score (nSPS) is 14.9. The maximum absolute atomic E-state index is 12.9. The number of anilines is 1. The molecule has 2 N–H and O–H groups in total. The third kappa shape index (κ3) is 5.19. The molecule has 0 bridgehead atoms. The first-order valence-electron chi connectivity index (χ1n) is 11.2. The average Bonchev–Trinajstić information content (AvgIpc) is 2.82. The van der Waals surface area contributed by atoms with E-state index in [1.807, 2.05) is 36.5 Å². The van der Waals surface area contributed by atoms with E-state index in [1.165, 1.54) is 5.12 Å². The Balaban J connectivity index is 1.25. The number of H-pyrrole nitrogens is 1. The zero-order valence-corrected chi connectivity index (χ0v) is 20.6. The van der Waals surface area contributed by atoms with Crippen LogP contribution < -0.4 is 5.32 Å². The van der Waals surface area contributed by atoms with Crippen molar-refractivity contribution in [3.8, 4) is 11.8 Å². The summed E-state index contributed by atoms with van der Waals surface area (Å²) in [6.45, 7) is 5.01. The summed E-state index contributed by atoms with van der Waals surface area (Å²) in [5.41, 5.74) is 4.99. The van der Waals surface area contributed by atoms with E-state index in [9.17, 15) is 4.79 Å². The van der Waals surface area contributed by atoms with Crippen LogP contribution in [0.15, 0.2) is 54.9 Å². The van der Waals surface area contributed by atoms with Crippen molar-refractivity contribution in [2.75, 3.05) is 38.5 Å². The minimum atomic E-state index is -0.195. The number of carbonyl (C=O) groups excluding carboxylic acids is 1. The molecule has 0 spiro atoms. The van der Waals surface area contributed by atoms with Crippen molar-refractivity contribution in [3.63, 3.8) is 0 Å². The van der Waals surface area contributed by atoms with Gasteiger partial charge in [0.1, 0.15) is 0 Å². The molecule has 3 heterocycles. The molecule has 2 aromatic carbocycles. The van der Waals surface area contributed by atoms with Crippen LogP contribution in [0.3, 0.4) is 0 Å². The van der Waals surface area contributed by atoms with Gasteiger partial charge in [-0.15, -0.1) is 0 Å². The zero-order valence-electron chi connectivity index (χ0n) is 18.9. The second-order valence-corrected chi connectivity index (χ2v) is 9.98.